The molecule has 23 heavy (non-hydrogen) atoms. The van der Waals surface area contributed by atoms with Gasteiger partial charge < -0.3 is 0 Å². The molecular weight excluding hydrogens is 276 g/mol. The first-order valence-corrected chi connectivity index (χ1v) is 8.40. The van der Waals surface area contributed by atoms with Gasteiger partial charge in [-0.1, -0.05) is 67.1 Å². The van der Waals surface area contributed by atoms with Gasteiger partial charge in [0.15, 0.2) is 0 Å². The van der Waals surface area contributed by atoms with E-state index in [4.69, 9.17) is 0 Å². The average Bonchev–Trinajstić information content (AvgIpc) is 3.03. The topological polar surface area (TPSA) is 0 Å². The van der Waals surface area contributed by atoms with Crippen LogP contribution in [0.15, 0.2) is 66.2 Å². The van der Waals surface area contributed by atoms with E-state index in [1.165, 1.54) is 43.4 Å². The zero-order chi connectivity index (χ0) is 15.4. The smallest absolute Gasteiger partial charge is 0.00577 e. The third-order valence-corrected chi connectivity index (χ3v) is 5.24. The second-order valence-corrected chi connectivity index (χ2v) is 6.55. The van der Waals surface area contributed by atoms with Gasteiger partial charge in [0, 0.05) is 0 Å². The average molecular weight is 294 g/mol. The Labute approximate surface area is 136 Å². The molecule has 0 fully saturated rings. The summed E-state index contributed by atoms with van der Waals surface area (Å²) in [5.74, 6) is 0. The molecule has 0 N–H and O–H groups in total. The highest BCUT2D eigenvalue weighted by atomic mass is 14.2. The summed E-state index contributed by atoms with van der Waals surface area (Å²) in [5, 5.41) is 8.09. The normalized spacial score (nSPS) is 13.7. The Morgan fingerprint density at radius 1 is 0.739 bits per heavy atom. The molecule has 0 aromatic heterocycles. The van der Waals surface area contributed by atoms with Gasteiger partial charge in [-0.2, -0.15) is 0 Å². The Kier molecular flexibility index (Phi) is 2.63. The Morgan fingerprint density at radius 3 is 2.35 bits per heavy atom. The van der Waals surface area contributed by atoms with Gasteiger partial charge in [-0.05, 0) is 68.4 Å². The van der Waals surface area contributed by atoms with E-state index < -0.39 is 0 Å². The van der Waals surface area contributed by atoms with Crippen LogP contribution in [0, 0.1) is 0 Å². The summed E-state index contributed by atoms with van der Waals surface area (Å²) >= 11 is 0. The van der Waals surface area contributed by atoms with Crippen molar-refractivity contribution in [2.75, 3.05) is 0 Å². The number of rotatable bonds is 1. The van der Waals surface area contributed by atoms with Crippen molar-refractivity contribution in [1.82, 2.24) is 0 Å². The van der Waals surface area contributed by atoms with Gasteiger partial charge in [-0.25, -0.2) is 0 Å². The summed E-state index contributed by atoms with van der Waals surface area (Å²) in [7, 11) is 0. The highest BCUT2D eigenvalue weighted by Gasteiger charge is 2.15. The number of hydrogen-bond acceptors (Lipinski definition) is 0. The third-order valence-electron chi connectivity index (χ3n) is 5.24. The monoisotopic (exact) mass is 294 g/mol. The van der Waals surface area contributed by atoms with Crippen LogP contribution in [0.5, 0.6) is 0 Å². The van der Waals surface area contributed by atoms with E-state index in [-0.39, 0.29) is 0 Å². The molecule has 0 bridgehead atoms. The van der Waals surface area contributed by atoms with Gasteiger partial charge in [0.25, 0.3) is 0 Å². The molecule has 0 heterocycles. The van der Waals surface area contributed by atoms with Crippen molar-refractivity contribution < 1.29 is 0 Å². The van der Waals surface area contributed by atoms with E-state index in [0.29, 0.717) is 0 Å². The lowest BCUT2D eigenvalue weighted by Crippen LogP contribution is -1.87. The van der Waals surface area contributed by atoms with Crippen LogP contribution >= 0.6 is 0 Å². The molecule has 0 atom stereocenters. The Hall–Kier alpha value is -2.60. The molecule has 1 aliphatic rings. The van der Waals surface area contributed by atoms with E-state index in [0.717, 1.165) is 12.8 Å². The quantitative estimate of drug-likeness (QED) is 0.278. The summed E-state index contributed by atoms with van der Waals surface area (Å²) in [6.45, 7) is 2.25. The number of fused-ring (bicyclic) bond motifs is 6. The first-order chi connectivity index (χ1) is 11.3. The minimum atomic E-state index is 1.12. The Morgan fingerprint density at radius 2 is 1.52 bits per heavy atom. The Bertz CT molecular complexity index is 1110. The van der Waals surface area contributed by atoms with Crippen LogP contribution in [0.25, 0.3) is 38.4 Å². The van der Waals surface area contributed by atoms with Crippen LogP contribution < -0.4 is 0 Å². The fourth-order valence-electron chi connectivity index (χ4n) is 3.95. The van der Waals surface area contributed by atoms with Gasteiger partial charge in [0.1, 0.15) is 0 Å². The van der Waals surface area contributed by atoms with Crippen molar-refractivity contribution in [1.29, 1.82) is 0 Å². The molecule has 5 rings (SSSR count). The standard InChI is InChI=1S/C23H18/c1-2-15-11-18-7-9-21-20(22(18)12-15)10-8-19-13-16-5-3-4-6-17(16)14-23(19)21/h3-10,12-14H,2,11H2,1H3. The molecule has 0 saturated heterocycles. The van der Waals surface area contributed by atoms with Crippen molar-refractivity contribution in [3.8, 4) is 0 Å². The largest absolute Gasteiger partial charge is 0.0655 e. The molecule has 0 amide bonds. The Balaban J connectivity index is 1.90. The molecule has 4 aromatic rings. The molecule has 1 aliphatic carbocycles. The number of benzene rings is 4. The van der Waals surface area contributed by atoms with Gasteiger partial charge in [-0.15, -0.1) is 0 Å². The van der Waals surface area contributed by atoms with Gasteiger partial charge in [0.2, 0.25) is 0 Å². The zero-order valence-electron chi connectivity index (χ0n) is 13.3. The van der Waals surface area contributed by atoms with E-state index in [1.54, 1.807) is 5.57 Å². The lowest BCUT2D eigenvalue weighted by molar-refractivity contribution is 1.04. The first-order valence-electron chi connectivity index (χ1n) is 8.40. The van der Waals surface area contributed by atoms with Crippen molar-refractivity contribution in [3.05, 3.63) is 77.4 Å². The molecule has 110 valence electrons. The van der Waals surface area contributed by atoms with Crippen molar-refractivity contribution >= 4 is 38.4 Å². The zero-order valence-corrected chi connectivity index (χ0v) is 13.3. The molecule has 0 aliphatic heterocycles. The minimum absolute atomic E-state index is 1.12. The SMILES string of the molecule is CCC1=Cc2c(ccc3c2ccc2cc4ccccc4cc23)C1. The predicted molar refractivity (Wildman–Crippen MR) is 101 cm³/mol. The summed E-state index contributed by atoms with van der Waals surface area (Å²) in [5.41, 5.74) is 4.47. The third kappa shape index (κ3) is 1.85. The van der Waals surface area contributed by atoms with E-state index >= 15 is 0 Å². The fraction of sp³-hybridized carbons (Fsp3) is 0.130. The predicted octanol–water partition coefficient (Wildman–Crippen LogP) is 6.50. The lowest BCUT2D eigenvalue weighted by Gasteiger charge is -2.09. The molecule has 0 heteroatoms. The number of hydrogen-bond donors (Lipinski definition) is 0. The van der Waals surface area contributed by atoms with Gasteiger partial charge in [0.05, 0.1) is 0 Å². The second-order valence-electron chi connectivity index (χ2n) is 6.55. The highest BCUT2D eigenvalue weighted by molar-refractivity contribution is 6.14. The van der Waals surface area contributed by atoms with Crippen LogP contribution in [0.3, 0.4) is 0 Å². The van der Waals surface area contributed by atoms with E-state index in [2.05, 4.69) is 73.7 Å². The van der Waals surface area contributed by atoms with Crippen LogP contribution in [0.2, 0.25) is 0 Å². The van der Waals surface area contributed by atoms with Crippen molar-refractivity contribution in [3.63, 3.8) is 0 Å². The van der Waals surface area contributed by atoms with E-state index in [1.807, 2.05) is 0 Å². The molecule has 0 spiro atoms. The van der Waals surface area contributed by atoms with Gasteiger partial charge >= 0.3 is 0 Å². The van der Waals surface area contributed by atoms with Crippen LogP contribution in [-0.4, -0.2) is 0 Å². The molecule has 0 radical (unpaired) electrons. The van der Waals surface area contributed by atoms with Crippen molar-refractivity contribution in [2.45, 2.75) is 19.8 Å². The molecule has 0 saturated carbocycles. The second kappa shape index (κ2) is 4.70. The highest BCUT2D eigenvalue weighted by Crippen LogP contribution is 2.36. The summed E-state index contributed by atoms with van der Waals surface area (Å²) in [6.07, 6.45) is 4.68. The molecule has 4 aromatic carbocycles. The first kappa shape index (κ1) is 12.9. The van der Waals surface area contributed by atoms with Crippen molar-refractivity contribution in [2.24, 2.45) is 0 Å². The van der Waals surface area contributed by atoms with Gasteiger partial charge in [-0.3, -0.25) is 0 Å². The molecular formula is C23H18. The maximum absolute atomic E-state index is 2.41. The summed E-state index contributed by atoms with van der Waals surface area (Å²) in [4.78, 5) is 0. The fourth-order valence-corrected chi connectivity index (χ4v) is 3.95. The minimum Gasteiger partial charge on any atom is -0.0655 e. The molecule has 0 unspecified atom stereocenters. The number of allylic oxidation sites excluding steroid dienone is 1. The maximum atomic E-state index is 2.41. The summed E-state index contributed by atoms with van der Waals surface area (Å²) in [6, 6.07) is 22.5. The summed E-state index contributed by atoms with van der Waals surface area (Å²) < 4.78 is 0. The van der Waals surface area contributed by atoms with E-state index in [9.17, 15) is 0 Å². The lowest BCUT2D eigenvalue weighted by atomic mass is 9.94. The van der Waals surface area contributed by atoms with Crippen LogP contribution in [0.1, 0.15) is 24.5 Å². The molecule has 0 nitrogen and oxygen atoms in total. The maximum Gasteiger partial charge on any atom is -0.00577 e. The van der Waals surface area contributed by atoms with Crippen LogP contribution in [0.4, 0.5) is 0 Å². The van der Waals surface area contributed by atoms with Crippen LogP contribution in [-0.2, 0) is 6.42 Å².